The molecule has 0 unspecified atom stereocenters. The highest BCUT2D eigenvalue weighted by Crippen LogP contribution is 2.30. The molecule has 0 spiro atoms. The number of nitro groups is 1. The van der Waals surface area contributed by atoms with E-state index in [-0.39, 0.29) is 17.3 Å². The quantitative estimate of drug-likeness (QED) is 0.440. The van der Waals surface area contributed by atoms with Crippen molar-refractivity contribution in [2.45, 2.75) is 6.92 Å². The third-order valence-corrected chi connectivity index (χ3v) is 3.64. The number of nitro benzene ring substituents is 1. The molecule has 2 rings (SSSR count). The molecule has 25 heavy (non-hydrogen) atoms. The highest BCUT2D eigenvalue weighted by Gasteiger charge is 2.10. The van der Waals surface area contributed by atoms with Gasteiger partial charge in [-0.25, -0.2) is 0 Å². The van der Waals surface area contributed by atoms with E-state index >= 15 is 0 Å². The Balaban J connectivity index is 2.14. The average Bonchev–Trinajstić information content (AvgIpc) is 2.58. The Bertz CT molecular complexity index is 808. The summed E-state index contributed by atoms with van der Waals surface area (Å²) in [5.74, 6) is -0.904. The van der Waals surface area contributed by atoms with E-state index in [9.17, 15) is 14.9 Å². The van der Waals surface area contributed by atoms with Crippen molar-refractivity contribution in [2.24, 2.45) is 10.2 Å². The Morgan fingerprint density at radius 3 is 2.44 bits per heavy atom. The van der Waals surface area contributed by atoms with E-state index in [0.717, 1.165) is 5.69 Å². The van der Waals surface area contributed by atoms with Crippen LogP contribution in [0.3, 0.4) is 0 Å². The fourth-order valence-corrected chi connectivity index (χ4v) is 2.29. The van der Waals surface area contributed by atoms with Gasteiger partial charge in [-0.2, -0.15) is 5.11 Å². The lowest BCUT2D eigenvalue weighted by Gasteiger charge is -2.20. The summed E-state index contributed by atoms with van der Waals surface area (Å²) in [4.78, 5) is 22.7. The maximum Gasteiger partial charge on any atom is 0.323 e. The molecule has 0 saturated carbocycles. The van der Waals surface area contributed by atoms with E-state index < -0.39 is 10.9 Å². The second kappa shape index (κ2) is 8.20. The molecule has 0 aromatic heterocycles. The summed E-state index contributed by atoms with van der Waals surface area (Å²) < 4.78 is 0. The number of carboxylic acid groups (broad SMARTS) is 1. The predicted octanol–water partition coefficient (Wildman–Crippen LogP) is 4.57. The predicted molar refractivity (Wildman–Crippen MR) is 94.2 cm³/mol. The Labute approximate surface area is 148 Å². The van der Waals surface area contributed by atoms with Crippen LogP contribution in [0.15, 0.2) is 52.7 Å². The monoisotopic (exact) mass is 362 g/mol. The van der Waals surface area contributed by atoms with Crippen molar-refractivity contribution in [3.05, 3.63) is 57.6 Å². The molecule has 9 heteroatoms. The number of carboxylic acids is 1. The van der Waals surface area contributed by atoms with Crippen LogP contribution in [0.1, 0.15) is 6.92 Å². The molecule has 0 bridgehead atoms. The lowest BCUT2D eigenvalue weighted by Crippen LogP contribution is -2.29. The van der Waals surface area contributed by atoms with E-state index in [2.05, 4.69) is 10.2 Å². The number of aliphatic carboxylic acids is 1. The minimum absolute atomic E-state index is 0.0875. The van der Waals surface area contributed by atoms with Crippen molar-refractivity contribution in [3.8, 4) is 0 Å². The largest absolute Gasteiger partial charge is 0.480 e. The van der Waals surface area contributed by atoms with E-state index in [1.54, 1.807) is 29.2 Å². The van der Waals surface area contributed by atoms with Crippen molar-refractivity contribution in [2.75, 3.05) is 18.0 Å². The molecule has 0 heterocycles. The number of rotatable bonds is 7. The molecule has 0 aliphatic rings. The van der Waals surface area contributed by atoms with E-state index in [4.69, 9.17) is 16.7 Å². The molecule has 0 aliphatic heterocycles. The maximum absolute atomic E-state index is 10.8. The SMILES string of the molecule is CCN(CC(=O)O)c1ccc(/N=N/c2ccc([N+](=O)[O-])cc2Cl)cc1. The van der Waals surface area contributed by atoms with Crippen LogP contribution in [-0.4, -0.2) is 29.1 Å². The first kappa shape index (κ1) is 18.3. The number of hydrogen-bond donors (Lipinski definition) is 1. The number of hydrogen-bond acceptors (Lipinski definition) is 6. The molecule has 0 radical (unpaired) electrons. The summed E-state index contributed by atoms with van der Waals surface area (Å²) in [5.41, 5.74) is 1.51. The first-order valence-electron chi connectivity index (χ1n) is 7.33. The van der Waals surface area contributed by atoms with Crippen LogP contribution < -0.4 is 4.90 Å². The number of anilines is 1. The standard InChI is InChI=1S/C16H15ClN4O4/c1-2-20(10-16(22)23)12-5-3-11(4-6-12)18-19-15-8-7-13(21(24)25)9-14(15)17/h3-9H,2,10H2,1H3,(H,22,23)/b19-18+. The Morgan fingerprint density at radius 1 is 1.24 bits per heavy atom. The lowest BCUT2D eigenvalue weighted by atomic mass is 10.2. The number of nitrogens with zero attached hydrogens (tertiary/aromatic N) is 4. The molecule has 2 aromatic rings. The zero-order valence-corrected chi connectivity index (χ0v) is 14.1. The smallest absolute Gasteiger partial charge is 0.323 e. The Hall–Kier alpha value is -3.00. The summed E-state index contributed by atoms with van der Waals surface area (Å²) in [6.45, 7) is 2.34. The van der Waals surface area contributed by atoms with Crippen LogP contribution in [0.25, 0.3) is 0 Å². The van der Waals surface area contributed by atoms with Gasteiger partial charge in [0.2, 0.25) is 0 Å². The number of azo groups is 1. The molecule has 0 atom stereocenters. The normalized spacial score (nSPS) is 10.8. The minimum Gasteiger partial charge on any atom is -0.480 e. The second-order valence-electron chi connectivity index (χ2n) is 5.02. The van der Waals surface area contributed by atoms with Crippen molar-refractivity contribution in [3.63, 3.8) is 0 Å². The van der Waals surface area contributed by atoms with Gasteiger partial charge in [-0.15, -0.1) is 5.11 Å². The summed E-state index contributed by atoms with van der Waals surface area (Å²) in [5, 5.41) is 27.7. The van der Waals surface area contributed by atoms with Gasteiger partial charge in [-0.05, 0) is 37.3 Å². The molecule has 0 saturated heterocycles. The van der Waals surface area contributed by atoms with Gasteiger partial charge in [0.25, 0.3) is 5.69 Å². The van der Waals surface area contributed by atoms with Crippen LogP contribution >= 0.6 is 11.6 Å². The zero-order valence-electron chi connectivity index (χ0n) is 13.3. The van der Waals surface area contributed by atoms with Crippen LogP contribution in [0.5, 0.6) is 0 Å². The van der Waals surface area contributed by atoms with Crippen molar-refractivity contribution in [1.82, 2.24) is 0 Å². The third-order valence-electron chi connectivity index (χ3n) is 3.34. The molecule has 8 nitrogen and oxygen atoms in total. The van der Waals surface area contributed by atoms with Crippen LogP contribution in [0.4, 0.5) is 22.7 Å². The highest BCUT2D eigenvalue weighted by molar-refractivity contribution is 6.33. The highest BCUT2D eigenvalue weighted by atomic mass is 35.5. The van der Waals surface area contributed by atoms with Gasteiger partial charge in [0, 0.05) is 24.4 Å². The van der Waals surface area contributed by atoms with Gasteiger partial charge in [0.15, 0.2) is 0 Å². The lowest BCUT2D eigenvalue weighted by molar-refractivity contribution is -0.384. The van der Waals surface area contributed by atoms with Crippen molar-refractivity contribution in [1.29, 1.82) is 0 Å². The van der Waals surface area contributed by atoms with Gasteiger partial charge >= 0.3 is 5.97 Å². The molecule has 0 aliphatic carbocycles. The van der Waals surface area contributed by atoms with E-state index in [0.29, 0.717) is 17.9 Å². The van der Waals surface area contributed by atoms with Gasteiger partial charge in [-0.3, -0.25) is 14.9 Å². The van der Waals surface area contributed by atoms with Gasteiger partial charge in [-0.1, -0.05) is 11.6 Å². The number of benzene rings is 2. The van der Waals surface area contributed by atoms with E-state index in [1.165, 1.54) is 18.2 Å². The molecule has 1 N–H and O–H groups in total. The first-order chi connectivity index (χ1) is 11.9. The number of halogens is 1. The Kier molecular flexibility index (Phi) is 6.02. The summed E-state index contributed by atoms with van der Waals surface area (Å²) >= 11 is 5.95. The molecular formula is C16H15ClN4O4. The Morgan fingerprint density at radius 2 is 1.92 bits per heavy atom. The molecule has 0 amide bonds. The maximum atomic E-state index is 10.8. The van der Waals surface area contributed by atoms with Crippen molar-refractivity contribution < 1.29 is 14.8 Å². The minimum atomic E-state index is -0.904. The van der Waals surface area contributed by atoms with E-state index in [1.807, 2.05) is 6.92 Å². The van der Waals surface area contributed by atoms with Gasteiger partial charge in [0.1, 0.15) is 12.2 Å². The average molecular weight is 363 g/mol. The number of carbonyl (C=O) groups is 1. The molecule has 130 valence electrons. The topological polar surface area (TPSA) is 108 Å². The van der Waals surface area contributed by atoms with Crippen LogP contribution in [0, 0.1) is 10.1 Å². The number of non-ortho nitro benzene ring substituents is 1. The first-order valence-corrected chi connectivity index (χ1v) is 7.71. The molecular weight excluding hydrogens is 348 g/mol. The van der Waals surface area contributed by atoms with Crippen LogP contribution in [-0.2, 0) is 4.79 Å². The summed E-state index contributed by atoms with van der Waals surface area (Å²) in [6, 6.07) is 10.8. The van der Waals surface area contributed by atoms with Gasteiger partial charge < -0.3 is 10.0 Å². The van der Waals surface area contributed by atoms with Gasteiger partial charge in [0.05, 0.1) is 15.6 Å². The molecule has 0 fully saturated rings. The fourth-order valence-electron chi connectivity index (χ4n) is 2.08. The zero-order chi connectivity index (χ0) is 18.4. The fraction of sp³-hybridized carbons (Fsp3) is 0.188. The van der Waals surface area contributed by atoms with Crippen LogP contribution in [0.2, 0.25) is 5.02 Å². The summed E-state index contributed by atoms with van der Waals surface area (Å²) in [6.07, 6.45) is 0. The third kappa shape index (κ3) is 4.98. The van der Waals surface area contributed by atoms with Crippen molar-refractivity contribution >= 4 is 40.3 Å². The number of likely N-dealkylation sites (N-methyl/N-ethyl adjacent to an activating group) is 1. The summed E-state index contributed by atoms with van der Waals surface area (Å²) in [7, 11) is 0. The molecule has 2 aromatic carbocycles. The second-order valence-corrected chi connectivity index (χ2v) is 5.42.